The molecule has 1 unspecified atom stereocenters. The molecule has 0 aromatic carbocycles. The molecule has 0 saturated carbocycles. The molecule has 2 aromatic heterocycles. The summed E-state index contributed by atoms with van der Waals surface area (Å²) in [5, 5.41) is 7.54. The molecule has 0 radical (unpaired) electrons. The number of fused-ring (bicyclic) bond motifs is 1. The summed E-state index contributed by atoms with van der Waals surface area (Å²) < 4.78 is 12.7. The second-order valence-electron chi connectivity index (χ2n) is 9.56. The standard InChI is InChI=1S/C24H37N5O4/c1-7-10-18(22(30)32-8-2)20-16(3)26-19-12-13-25-29(19)21(20)28-14-9-11-17(15-28)27-23(31)33-24(4,5)6/h12-13,17-18H,7-11,14-15H2,1-6H3,(H,27,31)/t17-,18?/m1/s1. The molecule has 1 fully saturated rings. The molecule has 3 heterocycles. The van der Waals surface area contributed by atoms with Gasteiger partial charge in [0.1, 0.15) is 11.4 Å². The van der Waals surface area contributed by atoms with Gasteiger partial charge in [0.05, 0.1) is 18.7 Å². The quantitative estimate of drug-likeness (QED) is 0.626. The Balaban J connectivity index is 1.98. The molecule has 2 aromatic rings. The number of alkyl carbamates (subject to hydrolysis) is 1. The van der Waals surface area contributed by atoms with Gasteiger partial charge in [0, 0.05) is 36.5 Å². The summed E-state index contributed by atoms with van der Waals surface area (Å²) in [5.74, 6) is 0.187. The lowest BCUT2D eigenvalue weighted by Crippen LogP contribution is -2.49. The molecule has 1 amide bonds. The van der Waals surface area contributed by atoms with Crippen molar-refractivity contribution in [1.82, 2.24) is 19.9 Å². The summed E-state index contributed by atoms with van der Waals surface area (Å²) in [6.45, 7) is 13.1. The third-order valence-electron chi connectivity index (χ3n) is 5.68. The largest absolute Gasteiger partial charge is 0.466 e. The molecule has 9 nitrogen and oxygen atoms in total. The maximum atomic E-state index is 13.0. The number of nitrogens with one attached hydrogen (secondary N) is 1. The summed E-state index contributed by atoms with van der Waals surface area (Å²) in [6, 6.07) is 1.78. The minimum atomic E-state index is -0.554. The molecule has 33 heavy (non-hydrogen) atoms. The number of carbonyl (C=O) groups is 2. The van der Waals surface area contributed by atoms with Crippen molar-refractivity contribution in [2.24, 2.45) is 0 Å². The van der Waals surface area contributed by atoms with Crippen molar-refractivity contribution < 1.29 is 19.1 Å². The van der Waals surface area contributed by atoms with Gasteiger partial charge in [-0.05, 0) is 53.9 Å². The van der Waals surface area contributed by atoms with Gasteiger partial charge in [-0.25, -0.2) is 9.78 Å². The molecule has 1 N–H and O–H groups in total. The van der Waals surface area contributed by atoms with Gasteiger partial charge in [-0.15, -0.1) is 0 Å². The summed E-state index contributed by atoms with van der Waals surface area (Å²) in [5.41, 5.74) is 1.82. The highest BCUT2D eigenvalue weighted by atomic mass is 16.6. The Morgan fingerprint density at radius 3 is 2.73 bits per heavy atom. The van der Waals surface area contributed by atoms with E-state index in [1.54, 1.807) is 10.7 Å². The van der Waals surface area contributed by atoms with Crippen molar-refractivity contribution in [2.75, 3.05) is 24.6 Å². The first kappa shape index (κ1) is 24.8. The normalized spacial score (nSPS) is 17.6. The fraction of sp³-hybridized carbons (Fsp3) is 0.667. The number of anilines is 1. The zero-order valence-corrected chi connectivity index (χ0v) is 20.7. The number of amides is 1. The van der Waals surface area contributed by atoms with Crippen molar-refractivity contribution in [1.29, 1.82) is 0 Å². The SMILES string of the molecule is CCCC(C(=O)OCC)c1c(C)nc2ccnn2c1N1CCC[C@@H](NC(=O)OC(C)(C)C)C1. The molecule has 1 saturated heterocycles. The van der Waals surface area contributed by atoms with Gasteiger partial charge < -0.3 is 19.7 Å². The van der Waals surface area contributed by atoms with Crippen molar-refractivity contribution >= 4 is 23.5 Å². The van der Waals surface area contributed by atoms with Crippen LogP contribution in [0.2, 0.25) is 0 Å². The van der Waals surface area contributed by atoms with Crippen LogP contribution in [-0.2, 0) is 14.3 Å². The van der Waals surface area contributed by atoms with E-state index >= 15 is 0 Å². The average Bonchev–Trinajstić information content (AvgIpc) is 3.18. The molecular weight excluding hydrogens is 422 g/mol. The molecule has 1 aliphatic rings. The van der Waals surface area contributed by atoms with E-state index in [0.717, 1.165) is 48.5 Å². The van der Waals surface area contributed by atoms with Gasteiger partial charge in [0.15, 0.2) is 5.65 Å². The minimum Gasteiger partial charge on any atom is -0.466 e. The van der Waals surface area contributed by atoms with Crippen molar-refractivity contribution in [3.63, 3.8) is 0 Å². The fourth-order valence-electron chi connectivity index (χ4n) is 4.44. The summed E-state index contributed by atoms with van der Waals surface area (Å²) in [6.07, 6.45) is 4.54. The van der Waals surface area contributed by atoms with Crippen LogP contribution >= 0.6 is 0 Å². The van der Waals surface area contributed by atoms with Crippen LogP contribution in [0.3, 0.4) is 0 Å². The zero-order chi connectivity index (χ0) is 24.2. The number of piperidine rings is 1. The maximum Gasteiger partial charge on any atom is 0.407 e. The molecule has 182 valence electrons. The van der Waals surface area contributed by atoms with Crippen LogP contribution < -0.4 is 10.2 Å². The van der Waals surface area contributed by atoms with E-state index in [4.69, 9.17) is 14.5 Å². The van der Waals surface area contributed by atoms with E-state index in [1.165, 1.54) is 0 Å². The second-order valence-corrected chi connectivity index (χ2v) is 9.56. The number of nitrogens with zero attached hydrogens (tertiary/aromatic N) is 4. The van der Waals surface area contributed by atoms with Crippen LogP contribution in [0.5, 0.6) is 0 Å². The van der Waals surface area contributed by atoms with Crippen LogP contribution in [-0.4, -0.2) is 58.0 Å². The summed E-state index contributed by atoms with van der Waals surface area (Å²) >= 11 is 0. The van der Waals surface area contributed by atoms with E-state index in [9.17, 15) is 9.59 Å². The smallest absolute Gasteiger partial charge is 0.407 e. The monoisotopic (exact) mass is 459 g/mol. The first-order valence-electron chi connectivity index (χ1n) is 11.9. The Morgan fingerprint density at radius 1 is 1.30 bits per heavy atom. The van der Waals surface area contributed by atoms with Crippen LogP contribution in [0.25, 0.3) is 5.65 Å². The number of hydrogen-bond acceptors (Lipinski definition) is 7. The fourth-order valence-corrected chi connectivity index (χ4v) is 4.44. The predicted molar refractivity (Wildman–Crippen MR) is 127 cm³/mol. The topological polar surface area (TPSA) is 98.1 Å². The number of hydrogen-bond donors (Lipinski definition) is 1. The molecule has 0 bridgehead atoms. The highest BCUT2D eigenvalue weighted by Crippen LogP contribution is 2.35. The number of aryl methyl sites for hydroxylation is 1. The molecule has 0 spiro atoms. The van der Waals surface area contributed by atoms with Crippen molar-refractivity contribution in [2.45, 2.75) is 84.8 Å². The second kappa shape index (κ2) is 10.4. The van der Waals surface area contributed by atoms with E-state index in [0.29, 0.717) is 19.6 Å². The first-order chi connectivity index (χ1) is 15.6. The average molecular weight is 460 g/mol. The van der Waals surface area contributed by atoms with E-state index in [1.807, 2.05) is 40.7 Å². The Kier molecular flexibility index (Phi) is 7.81. The van der Waals surface area contributed by atoms with E-state index in [2.05, 4.69) is 22.2 Å². The van der Waals surface area contributed by atoms with E-state index < -0.39 is 17.6 Å². The van der Waals surface area contributed by atoms with Crippen molar-refractivity contribution in [3.8, 4) is 0 Å². The molecule has 0 aliphatic carbocycles. The van der Waals surface area contributed by atoms with Crippen molar-refractivity contribution in [3.05, 3.63) is 23.5 Å². The Labute approximate surface area is 195 Å². The highest BCUT2D eigenvalue weighted by Gasteiger charge is 2.33. The first-order valence-corrected chi connectivity index (χ1v) is 11.9. The zero-order valence-electron chi connectivity index (χ0n) is 20.7. The Hall–Kier alpha value is -2.84. The third-order valence-corrected chi connectivity index (χ3v) is 5.68. The Bertz CT molecular complexity index is 981. The predicted octanol–water partition coefficient (Wildman–Crippen LogP) is 3.98. The lowest BCUT2D eigenvalue weighted by molar-refractivity contribution is -0.145. The highest BCUT2D eigenvalue weighted by molar-refractivity contribution is 5.81. The van der Waals surface area contributed by atoms with Gasteiger partial charge in [-0.3, -0.25) is 4.79 Å². The van der Waals surface area contributed by atoms with Gasteiger partial charge in [-0.2, -0.15) is 9.61 Å². The molecule has 2 atom stereocenters. The molecule has 1 aliphatic heterocycles. The third kappa shape index (κ3) is 5.94. The van der Waals surface area contributed by atoms with Crippen LogP contribution in [0.4, 0.5) is 10.6 Å². The van der Waals surface area contributed by atoms with Crippen LogP contribution in [0.15, 0.2) is 12.3 Å². The lowest BCUT2D eigenvalue weighted by atomic mass is 9.92. The number of carbonyl (C=O) groups excluding carboxylic acids is 2. The summed E-state index contributed by atoms with van der Waals surface area (Å²) in [7, 11) is 0. The minimum absolute atomic E-state index is 0.0762. The molecule has 9 heteroatoms. The number of rotatable bonds is 7. The van der Waals surface area contributed by atoms with Gasteiger partial charge in [0.2, 0.25) is 0 Å². The van der Waals surface area contributed by atoms with Crippen LogP contribution in [0.1, 0.15) is 77.5 Å². The van der Waals surface area contributed by atoms with Gasteiger partial charge in [0.25, 0.3) is 0 Å². The number of aromatic nitrogens is 3. The molecular formula is C24H37N5O4. The van der Waals surface area contributed by atoms with Gasteiger partial charge >= 0.3 is 12.1 Å². The van der Waals surface area contributed by atoms with E-state index in [-0.39, 0.29) is 12.0 Å². The maximum absolute atomic E-state index is 13.0. The molecule has 3 rings (SSSR count). The van der Waals surface area contributed by atoms with Crippen LogP contribution in [0, 0.1) is 6.92 Å². The Morgan fingerprint density at radius 2 is 2.06 bits per heavy atom. The lowest BCUT2D eigenvalue weighted by Gasteiger charge is -2.37. The number of ether oxygens (including phenoxy) is 2. The number of esters is 1. The van der Waals surface area contributed by atoms with Gasteiger partial charge in [-0.1, -0.05) is 13.3 Å². The summed E-state index contributed by atoms with van der Waals surface area (Å²) in [4.78, 5) is 32.3.